The molecule has 4 heteroatoms. The Balaban J connectivity index is 1.92. The molecule has 0 amide bonds. The Morgan fingerprint density at radius 3 is 2.68 bits per heavy atom. The van der Waals surface area contributed by atoms with Crippen molar-refractivity contribution in [3.8, 4) is 5.75 Å². The van der Waals surface area contributed by atoms with Crippen LogP contribution in [-0.2, 0) is 6.42 Å². The third-order valence-corrected chi connectivity index (χ3v) is 3.00. The molecule has 0 radical (unpaired) electrons. The van der Waals surface area contributed by atoms with Crippen LogP contribution in [0.5, 0.6) is 5.75 Å². The maximum Gasteiger partial charge on any atom is 0.126 e. The first-order valence-electron chi connectivity index (χ1n) is 6.34. The molecule has 1 unspecified atom stereocenters. The highest BCUT2D eigenvalue weighted by atomic mass is 16.5. The van der Waals surface area contributed by atoms with Gasteiger partial charge in [0.2, 0.25) is 0 Å². The zero-order chi connectivity index (χ0) is 13.5. The molecule has 1 atom stereocenters. The molecule has 4 nitrogen and oxygen atoms in total. The Morgan fingerprint density at radius 2 is 2.00 bits per heavy atom. The van der Waals surface area contributed by atoms with Gasteiger partial charge < -0.3 is 15.8 Å². The largest absolute Gasteiger partial charge is 0.492 e. The van der Waals surface area contributed by atoms with E-state index in [0.29, 0.717) is 12.4 Å². The lowest BCUT2D eigenvalue weighted by atomic mass is 10.1. The Hall–Kier alpha value is -2.07. The van der Waals surface area contributed by atoms with Crippen molar-refractivity contribution >= 4 is 5.82 Å². The van der Waals surface area contributed by atoms with Gasteiger partial charge in [-0.1, -0.05) is 24.3 Å². The molecular formula is C15H19N3O. The van der Waals surface area contributed by atoms with Crippen LogP contribution >= 0.6 is 0 Å². The van der Waals surface area contributed by atoms with Crippen molar-refractivity contribution < 1.29 is 4.74 Å². The third-order valence-electron chi connectivity index (χ3n) is 3.00. The van der Waals surface area contributed by atoms with Crippen LogP contribution in [0.25, 0.3) is 0 Å². The third kappa shape index (κ3) is 3.96. The topological polar surface area (TPSA) is 60.2 Å². The van der Waals surface area contributed by atoms with E-state index in [4.69, 9.17) is 10.5 Å². The number of nitrogens with two attached hydrogens (primary N) is 1. The maximum absolute atomic E-state index is 5.85. The standard InChI is InChI=1S/C15H19N3O/c1-17-13(10-12-6-5-9-18-15(12)16)11-19-14-7-3-2-4-8-14/h2-9,13,17H,10-11H2,1H3,(H2,16,18). The van der Waals surface area contributed by atoms with Crippen molar-refractivity contribution in [3.05, 3.63) is 54.2 Å². The van der Waals surface area contributed by atoms with Gasteiger partial charge >= 0.3 is 0 Å². The molecule has 3 N–H and O–H groups in total. The first kappa shape index (κ1) is 13.4. The van der Waals surface area contributed by atoms with Crippen LogP contribution in [-0.4, -0.2) is 24.7 Å². The Morgan fingerprint density at radius 1 is 1.21 bits per heavy atom. The molecule has 1 aromatic heterocycles. The zero-order valence-corrected chi connectivity index (χ0v) is 11.0. The highest BCUT2D eigenvalue weighted by Gasteiger charge is 2.10. The van der Waals surface area contributed by atoms with Crippen molar-refractivity contribution in [1.29, 1.82) is 0 Å². The van der Waals surface area contributed by atoms with Gasteiger partial charge in [-0.3, -0.25) is 0 Å². The van der Waals surface area contributed by atoms with Crippen LogP contribution in [0.2, 0.25) is 0 Å². The van der Waals surface area contributed by atoms with Gasteiger partial charge in [-0.25, -0.2) is 4.98 Å². The summed E-state index contributed by atoms with van der Waals surface area (Å²) in [5.41, 5.74) is 6.89. The Labute approximate surface area is 113 Å². The highest BCUT2D eigenvalue weighted by Crippen LogP contribution is 2.12. The molecule has 0 saturated heterocycles. The normalized spacial score (nSPS) is 12.1. The molecule has 2 rings (SSSR count). The summed E-state index contributed by atoms with van der Waals surface area (Å²) in [5, 5.41) is 3.24. The van der Waals surface area contributed by atoms with Gasteiger partial charge in [0.05, 0.1) is 0 Å². The molecule has 19 heavy (non-hydrogen) atoms. The molecule has 0 spiro atoms. The van der Waals surface area contributed by atoms with E-state index in [2.05, 4.69) is 10.3 Å². The van der Waals surface area contributed by atoms with Crippen LogP contribution in [0, 0.1) is 0 Å². The van der Waals surface area contributed by atoms with Crippen molar-refractivity contribution in [1.82, 2.24) is 10.3 Å². The second-order valence-corrected chi connectivity index (χ2v) is 4.36. The van der Waals surface area contributed by atoms with Gasteiger partial charge in [-0.05, 0) is 37.2 Å². The van der Waals surface area contributed by atoms with Gasteiger partial charge in [-0.2, -0.15) is 0 Å². The number of nitrogens with zero attached hydrogens (tertiary/aromatic N) is 1. The molecule has 1 heterocycles. The first-order chi connectivity index (χ1) is 9.29. The molecule has 0 aliphatic carbocycles. The van der Waals surface area contributed by atoms with Gasteiger partial charge in [0.1, 0.15) is 18.2 Å². The van der Waals surface area contributed by atoms with Gasteiger partial charge in [0.15, 0.2) is 0 Å². The number of para-hydroxylation sites is 1. The van der Waals surface area contributed by atoms with E-state index in [-0.39, 0.29) is 6.04 Å². The van der Waals surface area contributed by atoms with E-state index in [9.17, 15) is 0 Å². The fourth-order valence-electron chi connectivity index (χ4n) is 1.85. The van der Waals surface area contributed by atoms with Crippen LogP contribution < -0.4 is 15.8 Å². The van der Waals surface area contributed by atoms with E-state index in [0.717, 1.165) is 17.7 Å². The minimum absolute atomic E-state index is 0.201. The van der Waals surface area contributed by atoms with Gasteiger partial charge in [0.25, 0.3) is 0 Å². The number of anilines is 1. The quantitative estimate of drug-likeness (QED) is 0.829. The Kier molecular flexibility index (Phi) is 4.75. The number of likely N-dealkylation sites (N-methyl/N-ethyl adjacent to an activating group) is 1. The molecule has 0 fully saturated rings. The van der Waals surface area contributed by atoms with Crippen LogP contribution in [0.1, 0.15) is 5.56 Å². The van der Waals surface area contributed by atoms with Crippen molar-refractivity contribution in [2.75, 3.05) is 19.4 Å². The van der Waals surface area contributed by atoms with Crippen molar-refractivity contribution in [2.45, 2.75) is 12.5 Å². The molecule has 0 aliphatic rings. The van der Waals surface area contributed by atoms with Crippen LogP contribution in [0.4, 0.5) is 5.82 Å². The Bertz CT molecular complexity index is 502. The second kappa shape index (κ2) is 6.75. The summed E-state index contributed by atoms with van der Waals surface area (Å²) < 4.78 is 5.75. The van der Waals surface area contributed by atoms with Crippen LogP contribution in [0.15, 0.2) is 48.7 Å². The minimum atomic E-state index is 0.201. The number of rotatable bonds is 6. The summed E-state index contributed by atoms with van der Waals surface area (Å²) in [6.45, 7) is 0.592. The lowest BCUT2D eigenvalue weighted by Gasteiger charge is -2.17. The molecule has 1 aromatic carbocycles. The summed E-state index contributed by atoms with van der Waals surface area (Å²) in [4.78, 5) is 4.09. The second-order valence-electron chi connectivity index (χ2n) is 4.36. The van der Waals surface area contributed by atoms with Crippen molar-refractivity contribution in [3.63, 3.8) is 0 Å². The summed E-state index contributed by atoms with van der Waals surface area (Å²) in [7, 11) is 1.92. The average molecular weight is 257 g/mol. The number of hydrogen-bond donors (Lipinski definition) is 2. The molecule has 2 aromatic rings. The number of ether oxygens (including phenoxy) is 1. The molecule has 100 valence electrons. The maximum atomic E-state index is 5.85. The van der Waals surface area contributed by atoms with Gasteiger partial charge in [-0.15, -0.1) is 0 Å². The summed E-state index contributed by atoms with van der Waals surface area (Å²) in [6.07, 6.45) is 2.50. The monoisotopic (exact) mass is 257 g/mol. The van der Waals surface area contributed by atoms with Crippen molar-refractivity contribution in [2.24, 2.45) is 0 Å². The lowest BCUT2D eigenvalue weighted by molar-refractivity contribution is 0.270. The number of benzene rings is 1. The summed E-state index contributed by atoms with van der Waals surface area (Å²) in [6, 6.07) is 13.9. The fourth-order valence-corrected chi connectivity index (χ4v) is 1.85. The SMILES string of the molecule is CNC(COc1ccccc1)Cc1cccnc1N. The molecule has 0 bridgehead atoms. The highest BCUT2D eigenvalue weighted by molar-refractivity contribution is 5.38. The predicted molar refractivity (Wildman–Crippen MR) is 77.1 cm³/mol. The number of nitrogen functional groups attached to an aromatic ring is 1. The summed E-state index contributed by atoms with van der Waals surface area (Å²) in [5.74, 6) is 1.46. The minimum Gasteiger partial charge on any atom is -0.492 e. The zero-order valence-electron chi connectivity index (χ0n) is 11.0. The van der Waals surface area contributed by atoms with E-state index in [1.165, 1.54) is 0 Å². The lowest BCUT2D eigenvalue weighted by Crippen LogP contribution is -2.34. The van der Waals surface area contributed by atoms with E-state index in [1.807, 2.05) is 49.5 Å². The van der Waals surface area contributed by atoms with E-state index >= 15 is 0 Å². The number of aromatic nitrogens is 1. The predicted octanol–water partition coefficient (Wildman–Crippen LogP) is 1.87. The van der Waals surface area contributed by atoms with Gasteiger partial charge in [0, 0.05) is 12.2 Å². The van der Waals surface area contributed by atoms with E-state index in [1.54, 1.807) is 6.20 Å². The fraction of sp³-hybridized carbons (Fsp3) is 0.267. The molecule has 0 saturated carbocycles. The van der Waals surface area contributed by atoms with E-state index < -0.39 is 0 Å². The number of pyridine rings is 1. The first-order valence-corrected chi connectivity index (χ1v) is 6.34. The number of hydrogen-bond acceptors (Lipinski definition) is 4. The number of nitrogens with one attached hydrogen (secondary N) is 1. The molecular weight excluding hydrogens is 238 g/mol. The summed E-state index contributed by atoms with van der Waals surface area (Å²) >= 11 is 0. The van der Waals surface area contributed by atoms with Crippen LogP contribution in [0.3, 0.4) is 0 Å². The smallest absolute Gasteiger partial charge is 0.126 e. The average Bonchev–Trinajstić information content (AvgIpc) is 2.46. The molecule has 0 aliphatic heterocycles.